The smallest absolute Gasteiger partial charge is 0.408 e. The number of carbonyl (C=O) groups excluding carboxylic acids is 1. The lowest BCUT2D eigenvalue weighted by molar-refractivity contribution is 0.0377. The third-order valence-electron chi connectivity index (χ3n) is 6.58. The summed E-state index contributed by atoms with van der Waals surface area (Å²) in [5.41, 5.74) is 1.25. The summed E-state index contributed by atoms with van der Waals surface area (Å²) in [7, 11) is 0. The lowest BCUT2D eigenvalue weighted by Crippen LogP contribution is -2.52. The van der Waals surface area contributed by atoms with Gasteiger partial charge in [0, 0.05) is 5.56 Å². The molecule has 0 unspecified atom stereocenters. The van der Waals surface area contributed by atoms with Crippen molar-refractivity contribution in [3.8, 4) is 22.5 Å². The topological polar surface area (TPSA) is 68.5 Å². The Bertz CT molecular complexity index is 1480. The molecule has 5 nitrogen and oxygen atoms in total. The van der Waals surface area contributed by atoms with Gasteiger partial charge in [-0.2, -0.15) is 0 Å². The van der Waals surface area contributed by atoms with Gasteiger partial charge in [0.05, 0.1) is 11.1 Å². The minimum atomic E-state index is -0.617. The fraction of sp³-hybridized carbons (Fsp3) is 0.267. The van der Waals surface area contributed by atoms with Gasteiger partial charge < -0.3 is 14.5 Å². The van der Waals surface area contributed by atoms with Crippen molar-refractivity contribution in [1.29, 1.82) is 0 Å². The molecule has 1 aliphatic carbocycles. The third kappa shape index (κ3) is 4.39. The molecule has 6 heteroatoms. The van der Waals surface area contributed by atoms with Crippen molar-refractivity contribution in [3.05, 3.63) is 94.4 Å². The van der Waals surface area contributed by atoms with Crippen molar-refractivity contribution in [2.45, 2.75) is 51.2 Å². The van der Waals surface area contributed by atoms with Gasteiger partial charge >= 0.3 is 6.09 Å². The first-order valence-corrected chi connectivity index (χ1v) is 12.1. The maximum atomic E-state index is 14.7. The second-order valence-corrected chi connectivity index (χ2v) is 10.3. The molecule has 0 aliphatic heterocycles. The van der Waals surface area contributed by atoms with Gasteiger partial charge in [-0.3, -0.25) is 4.79 Å². The molecule has 3 aromatic carbocycles. The predicted molar refractivity (Wildman–Crippen MR) is 138 cm³/mol. The predicted octanol–water partition coefficient (Wildman–Crippen LogP) is 7.17. The van der Waals surface area contributed by atoms with Crippen molar-refractivity contribution < 1.29 is 18.3 Å². The van der Waals surface area contributed by atoms with Crippen molar-refractivity contribution in [3.63, 3.8) is 0 Å². The quantitative estimate of drug-likeness (QED) is 0.333. The maximum absolute atomic E-state index is 14.7. The number of ether oxygens (including phenoxy) is 1. The zero-order valence-corrected chi connectivity index (χ0v) is 20.6. The van der Waals surface area contributed by atoms with Crippen LogP contribution in [-0.2, 0) is 10.3 Å². The van der Waals surface area contributed by atoms with Crippen molar-refractivity contribution in [2.75, 3.05) is 0 Å². The molecule has 0 radical (unpaired) electrons. The van der Waals surface area contributed by atoms with Crippen LogP contribution in [0.15, 0.2) is 82.0 Å². The molecule has 0 bridgehead atoms. The number of rotatable bonds is 4. The number of hydrogen-bond donors (Lipinski definition) is 1. The standard InChI is InChI=1S/C30H28FNO4/c1-29(2,3)36-28(34)32-30(17-8-18-30)21-15-13-19(14-16-21)24-26(33)25-22(31)11-7-12-23(25)35-27(24)20-9-5-4-6-10-20/h4-7,9-16H,8,17-18H2,1-3H3,(H,32,34). The van der Waals surface area contributed by atoms with Crippen LogP contribution in [0.1, 0.15) is 45.6 Å². The van der Waals surface area contributed by atoms with Gasteiger partial charge in [-0.1, -0.05) is 60.7 Å². The van der Waals surface area contributed by atoms with Crippen LogP contribution in [-0.4, -0.2) is 11.7 Å². The molecule has 1 amide bonds. The normalized spacial score (nSPS) is 14.8. The molecule has 1 saturated carbocycles. The van der Waals surface area contributed by atoms with Gasteiger partial charge in [0.2, 0.25) is 5.43 Å². The maximum Gasteiger partial charge on any atom is 0.408 e. The Hall–Kier alpha value is -3.93. The molecule has 4 aromatic rings. The SMILES string of the molecule is CC(C)(C)OC(=O)NC1(c2ccc(-c3c(-c4ccccc4)oc4cccc(F)c4c3=O)cc2)CCC1. The molecule has 1 heterocycles. The van der Waals surface area contributed by atoms with E-state index in [0.717, 1.165) is 30.4 Å². The first kappa shape index (κ1) is 23.8. The van der Waals surface area contributed by atoms with Crippen molar-refractivity contribution >= 4 is 17.1 Å². The fourth-order valence-electron chi connectivity index (χ4n) is 4.72. The lowest BCUT2D eigenvalue weighted by atomic mass is 9.71. The highest BCUT2D eigenvalue weighted by Crippen LogP contribution is 2.42. The molecular weight excluding hydrogens is 457 g/mol. The summed E-state index contributed by atoms with van der Waals surface area (Å²) < 4.78 is 26.3. The summed E-state index contributed by atoms with van der Waals surface area (Å²) in [6.07, 6.45) is 2.13. The second kappa shape index (κ2) is 8.94. The molecule has 1 fully saturated rings. The van der Waals surface area contributed by atoms with Crippen LogP contribution in [0.25, 0.3) is 33.4 Å². The Morgan fingerprint density at radius 3 is 2.25 bits per heavy atom. The van der Waals surface area contributed by atoms with E-state index in [1.165, 1.54) is 12.1 Å². The average molecular weight is 486 g/mol. The van der Waals surface area contributed by atoms with Crippen LogP contribution in [0.2, 0.25) is 0 Å². The van der Waals surface area contributed by atoms with E-state index in [2.05, 4.69) is 5.32 Å². The Balaban J connectivity index is 1.58. The summed E-state index contributed by atoms with van der Waals surface area (Å²) in [5.74, 6) is -0.231. The van der Waals surface area contributed by atoms with E-state index < -0.39 is 28.5 Å². The van der Waals surface area contributed by atoms with E-state index in [0.29, 0.717) is 16.9 Å². The van der Waals surface area contributed by atoms with Crippen LogP contribution in [0.4, 0.5) is 9.18 Å². The number of alkyl carbamates (subject to hydrolysis) is 1. The molecule has 1 aromatic heterocycles. The van der Waals surface area contributed by atoms with Gasteiger partial charge in [-0.15, -0.1) is 0 Å². The molecule has 1 aliphatic rings. The second-order valence-electron chi connectivity index (χ2n) is 10.3. The molecule has 0 saturated heterocycles. The molecule has 36 heavy (non-hydrogen) atoms. The van der Waals surface area contributed by atoms with Gasteiger partial charge in [0.15, 0.2) is 0 Å². The Kier molecular flexibility index (Phi) is 5.91. The lowest BCUT2D eigenvalue weighted by Gasteiger charge is -2.43. The minimum Gasteiger partial charge on any atom is -0.455 e. The summed E-state index contributed by atoms with van der Waals surface area (Å²) in [6.45, 7) is 5.49. The molecule has 0 atom stereocenters. The summed E-state index contributed by atoms with van der Waals surface area (Å²) in [5, 5.41) is 2.98. The fourth-order valence-corrected chi connectivity index (χ4v) is 4.72. The number of amides is 1. The number of benzene rings is 3. The molecule has 184 valence electrons. The van der Waals surface area contributed by atoms with Crippen LogP contribution >= 0.6 is 0 Å². The van der Waals surface area contributed by atoms with E-state index >= 15 is 0 Å². The average Bonchev–Trinajstić information content (AvgIpc) is 2.81. The number of nitrogens with one attached hydrogen (secondary N) is 1. The Labute approximate surface area is 208 Å². The highest BCUT2D eigenvalue weighted by molar-refractivity contribution is 5.89. The summed E-state index contributed by atoms with van der Waals surface area (Å²) in [6, 6.07) is 21.2. The number of carbonyl (C=O) groups is 1. The van der Waals surface area contributed by atoms with Crippen molar-refractivity contribution in [2.24, 2.45) is 0 Å². The largest absolute Gasteiger partial charge is 0.455 e. The molecular formula is C30H28FNO4. The van der Waals surface area contributed by atoms with Gasteiger partial charge in [0.25, 0.3) is 0 Å². The molecule has 0 spiro atoms. The first-order valence-electron chi connectivity index (χ1n) is 12.1. The molecule has 1 N–H and O–H groups in total. The van der Waals surface area contributed by atoms with E-state index in [1.54, 1.807) is 6.07 Å². The zero-order valence-electron chi connectivity index (χ0n) is 20.6. The third-order valence-corrected chi connectivity index (χ3v) is 6.58. The minimum absolute atomic E-state index is 0.0710. The Morgan fingerprint density at radius 2 is 1.64 bits per heavy atom. The van der Waals surface area contributed by atoms with Crippen LogP contribution in [0.5, 0.6) is 0 Å². The van der Waals surface area contributed by atoms with E-state index in [1.807, 2.05) is 75.4 Å². The first-order chi connectivity index (χ1) is 17.2. The Morgan fingerprint density at radius 1 is 0.944 bits per heavy atom. The van der Waals surface area contributed by atoms with Gasteiger partial charge in [-0.05, 0) is 63.3 Å². The van der Waals surface area contributed by atoms with Crippen LogP contribution in [0, 0.1) is 5.82 Å². The van der Waals surface area contributed by atoms with Crippen molar-refractivity contribution in [1.82, 2.24) is 5.32 Å². The van der Waals surface area contributed by atoms with Gasteiger partial charge in [-0.25, -0.2) is 9.18 Å². The number of halogens is 1. The monoisotopic (exact) mass is 485 g/mol. The van der Waals surface area contributed by atoms with E-state index in [-0.39, 0.29) is 11.0 Å². The van der Waals surface area contributed by atoms with Gasteiger partial charge in [0.1, 0.15) is 28.1 Å². The highest BCUT2D eigenvalue weighted by atomic mass is 19.1. The van der Waals surface area contributed by atoms with Crippen LogP contribution in [0.3, 0.4) is 0 Å². The van der Waals surface area contributed by atoms with E-state index in [4.69, 9.17) is 9.15 Å². The van der Waals surface area contributed by atoms with E-state index in [9.17, 15) is 14.0 Å². The number of fused-ring (bicyclic) bond motifs is 1. The summed E-state index contributed by atoms with van der Waals surface area (Å²) in [4.78, 5) is 26.1. The zero-order chi connectivity index (χ0) is 25.5. The summed E-state index contributed by atoms with van der Waals surface area (Å²) >= 11 is 0. The molecule has 5 rings (SSSR count). The van der Waals surface area contributed by atoms with Crippen LogP contribution < -0.4 is 10.7 Å². The number of hydrogen-bond acceptors (Lipinski definition) is 4. The highest BCUT2D eigenvalue weighted by Gasteiger charge is 2.41.